The summed E-state index contributed by atoms with van der Waals surface area (Å²) in [6.07, 6.45) is 2.76. The summed E-state index contributed by atoms with van der Waals surface area (Å²) >= 11 is 0. The highest BCUT2D eigenvalue weighted by Crippen LogP contribution is 2.24. The average molecular weight is 312 g/mol. The molecule has 0 heterocycles. The number of hydrogen-bond acceptors (Lipinski definition) is 4. The molecule has 2 rings (SSSR count). The minimum absolute atomic E-state index is 0.00847. The number of benzene rings is 1. The number of rotatable bonds is 8. The predicted molar refractivity (Wildman–Crippen MR) is 82.6 cm³/mol. The monoisotopic (exact) mass is 312 g/mol. The first kappa shape index (κ1) is 16.4. The zero-order valence-electron chi connectivity index (χ0n) is 12.6. The highest BCUT2D eigenvalue weighted by molar-refractivity contribution is 7.89. The fourth-order valence-electron chi connectivity index (χ4n) is 2.34. The van der Waals surface area contributed by atoms with Crippen molar-refractivity contribution in [2.75, 3.05) is 13.7 Å². The van der Waals surface area contributed by atoms with Crippen LogP contribution in [-0.4, -0.2) is 34.2 Å². The molecule has 0 amide bonds. The first-order valence-corrected chi connectivity index (χ1v) is 8.88. The molecule has 6 heteroatoms. The number of methoxy groups -OCH3 is 1. The molecule has 1 aromatic carbocycles. The van der Waals surface area contributed by atoms with Crippen molar-refractivity contribution in [3.8, 4) is 0 Å². The van der Waals surface area contributed by atoms with Crippen molar-refractivity contribution < 1.29 is 13.2 Å². The SMILES string of the molecule is CCCNCc1ccc(S(=O)(=O)NC2CC(OC)C2)cc1. The maximum Gasteiger partial charge on any atom is 0.240 e. The molecule has 0 radical (unpaired) electrons. The van der Waals surface area contributed by atoms with Gasteiger partial charge in [-0.3, -0.25) is 0 Å². The van der Waals surface area contributed by atoms with Crippen LogP contribution in [0.25, 0.3) is 0 Å². The van der Waals surface area contributed by atoms with E-state index in [4.69, 9.17) is 4.74 Å². The molecule has 5 nitrogen and oxygen atoms in total. The van der Waals surface area contributed by atoms with Gasteiger partial charge in [0.2, 0.25) is 10.0 Å². The zero-order chi connectivity index (χ0) is 15.3. The first-order valence-electron chi connectivity index (χ1n) is 7.40. The van der Waals surface area contributed by atoms with Crippen LogP contribution in [-0.2, 0) is 21.3 Å². The summed E-state index contributed by atoms with van der Waals surface area (Å²) in [6.45, 7) is 3.84. The van der Waals surface area contributed by atoms with E-state index in [0.717, 1.165) is 37.9 Å². The summed E-state index contributed by atoms with van der Waals surface area (Å²) in [5, 5.41) is 3.29. The molecule has 118 valence electrons. The molecule has 0 bridgehead atoms. The molecule has 0 atom stereocenters. The second-order valence-corrected chi connectivity index (χ2v) is 7.18. The van der Waals surface area contributed by atoms with Crippen LogP contribution < -0.4 is 10.0 Å². The Morgan fingerprint density at radius 2 is 1.90 bits per heavy atom. The van der Waals surface area contributed by atoms with E-state index in [1.807, 2.05) is 12.1 Å². The number of hydrogen-bond donors (Lipinski definition) is 2. The van der Waals surface area contributed by atoms with Gasteiger partial charge in [-0.25, -0.2) is 13.1 Å². The lowest BCUT2D eigenvalue weighted by atomic mass is 9.90. The minimum Gasteiger partial charge on any atom is -0.381 e. The summed E-state index contributed by atoms with van der Waals surface area (Å²) in [5.41, 5.74) is 1.09. The normalized spacial score (nSPS) is 22.0. The Bertz CT molecular complexity index is 537. The topological polar surface area (TPSA) is 67.4 Å². The van der Waals surface area contributed by atoms with Gasteiger partial charge in [-0.15, -0.1) is 0 Å². The van der Waals surface area contributed by atoms with E-state index >= 15 is 0 Å². The summed E-state index contributed by atoms with van der Waals surface area (Å²) in [5.74, 6) is 0. The molecule has 0 spiro atoms. The average Bonchev–Trinajstić information content (AvgIpc) is 2.43. The lowest BCUT2D eigenvalue weighted by molar-refractivity contribution is 0.0236. The summed E-state index contributed by atoms with van der Waals surface area (Å²) in [6, 6.07) is 7.03. The first-order chi connectivity index (χ1) is 10.0. The van der Waals surface area contributed by atoms with Crippen molar-refractivity contribution in [2.45, 2.75) is 49.8 Å². The van der Waals surface area contributed by atoms with Crippen molar-refractivity contribution in [1.29, 1.82) is 0 Å². The van der Waals surface area contributed by atoms with Crippen LogP contribution in [0.15, 0.2) is 29.2 Å². The molecule has 1 saturated carbocycles. The summed E-state index contributed by atoms with van der Waals surface area (Å²) in [4.78, 5) is 0.322. The van der Waals surface area contributed by atoms with Gasteiger partial charge in [0.1, 0.15) is 0 Å². The van der Waals surface area contributed by atoms with Crippen molar-refractivity contribution in [1.82, 2.24) is 10.0 Å². The van der Waals surface area contributed by atoms with E-state index in [9.17, 15) is 8.42 Å². The molecule has 1 aliphatic carbocycles. The maximum absolute atomic E-state index is 12.2. The number of sulfonamides is 1. The predicted octanol–water partition coefficient (Wildman–Crippen LogP) is 1.64. The smallest absolute Gasteiger partial charge is 0.240 e. The van der Waals surface area contributed by atoms with Gasteiger partial charge in [-0.05, 0) is 43.5 Å². The van der Waals surface area contributed by atoms with E-state index in [0.29, 0.717) is 4.90 Å². The molecule has 1 aliphatic rings. The van der Waals surface area contributed by atoms with Crippen LogP contribution in [0.2, 0.25) is 0 Å². The van der Waals surface area contributed by atoms with Gasteiger partial charge in [0.15, 0.2) is 0 Å². The molecule has 2 N–H and O–H groups in total. The fraction of sp³-hybridized carbons (Fsp3) is 0.600. The van der Waals surface area contributed by atoms with Crippen LogP contribution in [0.1, 0.15) is 31.7 Å². The molecule has 0 unspecified atom stereocenters. The van der Waals surface area contributed by atoms with Crippen molar-refractivity contribution in [2.24, 2.45) is 0 Å². The van der Waals surface area contributed by atoms with Crippen LogP contribution in [0.3, 0.4) is 0 Å². The van der Waals surface area contributed by atoms with Gasteiger partial charge in [0.05, 0.1) is 11.0 Å². The van der Waals surface area contributed by atoms with Crippen LogP contribution in [0, 0.1) is 0 Å². The molecule has 0 saturated heterocycles. The quantitative estimate of drug-likeness (QED) is 0.716. The Hall–Kier alpha value is -0.950. The summed E-state index contributed by atoms with van der Waals surface area (Å²) in [7, 11) is -1.77. The van der Waals surface area contributed by atoms with Crippen molar-refractivity contribution >= 4 is 10.0 Å². The highest BCUT2D eigenvalue weighted by Gasteiger charge is 2.32. The molecular weight excluding hydrogens is 288 g/mol. The fourth-order valence-corrected chi connectivity index (χ4v) is 3.60. The Morgan fingerprint density at radius 1 is 1.24 bits per heavy atom. The van der Waals surface area contributed by atoms with Crippen molar-refractivity contribution in [3.63, 3.8) is 0 Å². The van der Waals surface area contributed by atoms with Crippen LogP contribution in [0.5, 0.6) is 0 Å². The van der Waals surface area contributed by atoms with Crippen molar-refractivity contribution in [3.05, 3.63) is 29.8 Å². The van der Waals surface area contributed by atoms with Gasteiger partial charge in [0, 0.05) is 19.7 Å². The molecule has 1 fully saturated rings. The van der Waals surface area contributed by atoms with Crippen LogP contribution >= 0.6 is 0 Å². The van der Waals surface area contributed by atoms with Crippen LogP contribution in [0.4, 0.5) is 0 Å². The Balaban J connectivity index is 1.91. The zero-order valence-corrected chi connectivity index (χ0v) is 13.4. The van der Waals surface area contributed by atoms with Gasteiger partial charge in [-0.2, -0.15) is 0 Å². The third-order valence-electron chi connectivity index (χ3n) is 3.74. The third-order valence-corrected chi connectivity index (χ3v) is 5.28. The van der Waals surface area contributed by atoms with E-state index in [-0.39, 0.29) is 12.1 Å². The molecular formula is C15H24N2O3S. The van der Waals surface area contributed by atoms with E-state index < -0.39 is 10.0 Å². The Morgan fingerprint density at radius 3 is 2.48 bits per heavy atom. The van der Waals surface area contributed by atoms with Gasteiger partial charge < -0.3 is 10.1 Å². The second-order valence-electron chi connectivity index (χ2n) is 5.47. The maximum atomic E-state index is 12.2. The number of nitrogens with one attached hydrogen (secondary N) is 2. The second kappa shape index (κ2) is 7.35. The standard InChI is InChI=1S/C15H24N2O3S/c1-3-8-16-11-12-4-6-15(7-5-12)21(18,19)17-13-9-14(10-13)20-2/h4-7,13-14,16-17H,3,8-11H2,1-2H3. The Labute approximate surface area is 127 Å². The van der Waals surface area contributed by atoms with E-state index in [1.165, 1.54) is 0 Å². The lowest BCUT2D eigenvalue weighted by Gasteiger charge is -2.34. The number of ether oxygens (including phenoxy) is 1. The van der Waals surface area contributed by atoms with Gasteiger partial charge in [0.25, 0.3) is 0 Å². The lowest BCUT2D eigenvalue weighted by Crippen LogP contribution is -2.47. The molecule has 21 heavy (non-hydrogen) atoms. The molecule has 0 aliphatic heterocycles. The molecule has 1 aromatic rings. The van der Waals surface area contributed by atoms with Gasteiger partial charge >= 0.3 is 0 Å². The highest BCUT2D eigenvalue weighted by atomic mass is 32.2. The largest absolute Gasteiger partial charge is 0.381 e. The van der Waals surface area contributed by atoms with Gasteiger partial charge in [-0.1, -0.05) is 19.1 Å². The third kappa shape index (κ3) is 4.51. The Kier molecular flexibility index (Phi) is 5.75. The van der Waals surface area contributed by atoms with E-state index in [1.54, 1.807) is 19.2 Å². The minimum atomic E-state index is -3.42. The summed E-state index contributed by atoms with van der Waals surface area (Å²) < 4.78 is 32.3. The van der Waals surface area contributed by atoms with E-state index in [2.05, 4.69) is 17.0 Å². The molecule has 0 aromatic heterocycles.